The van der Waals surface area contributed by atoms with Crippen molar-refractivity contribution in [3.63, 3.8) is 0 Å². The predicted molar refractivity (Wildman–Crippen MR) is 118 cm³/mol. The molecule has 1 aliphatic rings. The molecule has 2 aromatic carbocycles. The van der Waals surface area contributed by atoms with Gasteiger partial charge in [0, 0.05) is 39.3 Å². The van der Waals surface area contributed by atoms with E-state index in [-0.39, 0.29) is 30.7 Å². The molecule has 1 fully saturated rings. The molecule has 0 aromatic heterocycles. The monoisotopic (exact) mass is 441 g/mol. The van der Waals surface area contributed by atoms with Gasteiger partial charge in [-0.1, -0.05) is 42.5 Å². The van der Waals surface area contributed by atoms with Gasteiger partial charge in [-0.05, 0) is 23.3 Å². The predicted octanol–water partition coefficient (Wildman–Crippen LogP) is 1.09. The molecular formula is C23H28FN5O3. The van der Waals surface area contributed by atoms with Crippen LogP contribution in [0.5, 0.6) is 0 Å². The molecule has 8 nitrogen and oxygen atoms in total. The van der Waals surface area contributed by atoms with Crippen molar-refractivity contribution in [3.8, 4) is 0 Å². The maximum Gasteiger partial charge on any atom is 0.315 e. The lowest BCUT2D eigenvalue weighted by Crippen LogP contribution is -2.53. The standard InChI is InChI=1S/C23H28FN5O3/c24-20-8-6-19(7-9-20)15-26-23(32)27-16-22(31)29-12-10-28(11-13-29)17-21(30)25-14-18-4-2-1-3-5-18/h1-9H,10-17H2,(H,25,30)(H2,26,27,32). The SMILES string of the molecule is O=C(CN1CCN(C(=O)CNC(=O)NCc2ccc(F)cc2)CC1)NCc1ccccc1. The molecule has 0 spiro atoms. The molecule has 0 atom stereocenters. The number of carbonyl (C=O) groups is 3. The van der Waals surface area contributed by atoms with E-state index >= 15 is 0 Å². The third-order valence-electron chi connectivity index (χ3n) is 5.19. The van der Waals surface area contributed by atoms with Crippen LogP contribution in [0.3, 0.4) is 0 Å². The van der Waals surface area contributed by atoms with E-state index in [0.29, 0.717) is 39.3 Å². The number of benzene rings is 2. The molecule has 3 N–H and O–H groups in total. The third-order valence-corrected chi connectivity index (χ3v) is 5.19. The zero-order valence-electron chi connectivity index (χ0n) is 17.9. The van der Waals surface area contributed by atoms with Crippen LogP contribution in [-0.2, 0) is 22.7 Å². The Morgan fingerprint density at radius 3 is 2.09 bits per heavy atom. The Labute approximate surface area is 186 Å². The fourth-order valence-corrected chi connectivity index (χ4v) is 3.33. The van der Waals surface area contributed by atoms with Gasteiger partial charge in [0.05, 0.1) is 13.1 Å². The summed E-state index contributed by atoms with van der Waals surface area (Å²) in [7, 11) is 0. The fraction of sp³-hybridized carbons (Fsp3) is 0.348. The molecule has 0 unspecified atom stereocenters. The second-order valence-electron chi connectivity index (χ2n) is 7.58. The summed E-state index contributed by atoms with van der Waals surface area (Å²) >= 11 is 0. The number of nitrogens with zero attached hydrogens (tertiary/aromatic N) is 2. The van der Waals surface area contributed by atoms with Crippen molar-refractivity contribution in [1.29, 1.82) is 0 Å². The zero-order valence-corrected chi connectivity index (χ0v) is 17.9. The smallest absolute Gasteiger partial charge is 0.315 e. The summed E-state index contributed by atoms with van der Waals surface area (Å²) in [6, 6.07) is 15.1. The zero-order chi connectivity index (χ0) is 22.8. The minimum atomic E-state index is -0.462. The van der Waals surface area contributed by atoms with Crippen LogP contribution in [0, 0.1) is 5.82 Å². The van der Waals surface area contributed by atoms with E-state index in [4.69, 9.17) is 0 Å². The summed E-state index contributed by atoms with van der Waals surface area (Å²) in [4.78, 5) is 40.1. The van der Waals surface area contributed by atoms with Gasteiger partial charge >= 0.3 is 6.03 Å². The van der Waals surface area contributed by atoms with Gasteiger partial charge in [0.25, 0.3) is 0 Å². The summed E-state index contributed by atoms with van der Waals surface area (Å²) in [5, 5.41) is 8.08. The first-order valence-electron chi connectivity index (χ1n) is 10.6. The van der Waals surface area contributed by atoms with Gasteiger partial charge in [0.2, 0.25) is 11.8 Å². The molecule has 1 saturated heterocycles. The normalized spacial score (nSPS) is 14.0. The van der Waals surface area contributed by atoms with E-state index < -0.39 is 6.03 Å². The largest absolute Gasteiger partial charge is 0.351 e. The Kier molecular flexibility index (Phi) is 8.56. The Hall–Kier alpha value is -3.46. The van der Waals surface area contributed by atoms with Gasteiger partial charge < -0.3 is 20.9 Å². The number of urea groups is 1. The third kappa shape index (κ3) is 7.66. The minimum Gasteiger partial charge on any atom is -0.351 e. The maximum atomic E-state index is 12.9. The molecule has 9 heteroatoms. The molecule has 4 amide bonds. The average Bonchev–Trinajstić information content (AvgIpc) is 2.82. The molecule has 0 aliphatic carbocycles. The van der Waals surface area contributed by atoms with E-state index in [9.17, 15) is 18.8 Å². The number of hydrogen-bond donors (Lipinski definition) is 3. The first-order valence-corrected chi connectivity index (χ1v) is 10.6. The van der Waals surface area contributed by atoms with E-state index in [1.165, 1.54) is 12.1 Å². The number of rotatable bonds is 8. The second kappa shape index (κ2) is 11.8. The first-order chi connectivity index (χ1) is 15.5. The Morgan fingerprint density at radius 1 is 0.781 bits per heavy atom. The van der Waals surface area contributed by atoms with Crippen molar-refractivity contribution in [3.05, 3.63) is 71.5 Å². The fourth-order valence-electron chi connectivity index (χ4n) is 3.33. The summed E-state index contributed by atoms with van der Waals surface area (Å²) in [5.41, 5.74) is 1.81. The van der Waals surface area contributed by atoms with Crippen LogP contribution in [0.2, 0.25) is 0 Å². The highest BCUT2D eigenvalue weighted by atomic mass is 19.1. The highest BCUT2D eigenvalue weighted by Gasteiger charge is 2.22. The van der Waals surface area contributed by atoms with Gasteiger partial charge in [0.15, 0.2) is 0 Å². The van der Waals surface area contributed by atoms with E-state index in [1.807, 2.05) is 35.2 Å². The van der Waals surface area contributed by atoms with Gasteiger partial charge in [-0.15, -0.1) is 0 Å². The van der Waals surface area contributed by atoms with Crippen LogP contribution in [0.25, 0.3) is 0 Å². The van der Waals surface area contributed by atoms with Crippen LogP contribution in [0.4, 0.5) is 9.18 Å². The van der Waals surface area contributed by atoms with Crippen LogP contribution < -0.4 is 16.0 Å². The van der Waals surface area contributed by atoms with Gasteiger partial charge in [0.1, 0.15) is 5.82 Å². The number of carbonyl (C=O) groups excluding carboxylic acids is 3. The maximum absolute atomic E-state index is 12.9. The molecule has 3 rings (SSSR count). The Balaban J connectivity index is 1.29. The first kappa shape index (κ1) is 23.2. The molecule has 32 heavy (non-hydrogen) atoms. The number of halogens is 1. The summed E-state index contributed by atoms with van der Waals surface area (Å²) < 4.78 is 12.9. The van der Waals surface area contributed by atoms with Crippen molar-refractivity contribution in [1.82, 2.24) is 25.8 Å². The molecule has 0 bridgehead atoms. The number of hydrogen-bond acceptors (Lipinski definition) is 4. The van der Waals surface area contributed by atoms with Crippen molar-refractivity contribution in [2.24, 2.45) is 0 Å². The Morgan fingerprint density at radius 2 is 1.41 bits per heavy atom. The molecule has 1 aliphatic heterocycles. The van der Waals surface area contributed by atoms with Crippen LogP contribution in [0.15, 0.2) is 54.6 Å². The molecule has 0 radical (unpaired) electrons. The number of piperazine rings is 1. The average molecular weight is 442 g/mol. The summed E-state index contributed by atoms with van der Waals surface area (Å²) in [5.74, 6) is -0.556. The quantitative estimate of drug-likeness (QED) is 0.572. The highest BCUT2D eigenvalue weighted by Crippen LogP contribution is 2.03. The van der Waals surface area contributed by atoms with Crippen LogP contribution >= 0.6 is 0 Å². The van der Waals surface area contributed by atoms with Gasteiger partial charge in [-0.3, -0.25) is 14.5 Å². The molecule has 170 valence electrons. The van der Waals surface area contributed by atoms with Crippen molar-refractivity contribution in [2.75, 3.05) is 39.3 Å². The van der Waals surface area contributed by atoms with E-state index in [1.54, 1.807) is 17.0 Å². The highest BCUT2D eigenvalue weighted by molar-refractivity contribution is 5.84. The van der Waals surface area contributed by atoms with Crippen LogP contribution in [0.1, 0.15) is 11.1 Å². The van der Waals surface area contributed by atoms with Gasteiger partial charge in [-0.25, -0.2) is 9.18 Å². The van der Waals surface area contributed by atoms with E-state index in [0.717, 1.165) is 11.1 Å². The number of nitrogens with one attached hydrogen (secondary N) is 3. The Bertz CT molecular complexity index is 900. The second-order valence-corrected chi connectivity index (χ2v) is 7.58. The van der Waals surface area contributed by atoms with E-state index in [2.05, 4.69) is 16.0 Å². The minimum absolute atomic E-state index is 0.0480. The summed E-state index contributed by atoms with van der Waals surface area (Å²) in [6.45, 7) is 3.12. The topological polar surface area (TPSA) is 93.8 Å². The number of amides is 4. The summed E-state index contributed by atoms with van der Waals surface area (Å²) in [6.07, 6.45) is 0. The molecular weight excluding hydrogens is 413 g/mol. The van der Waals surface area contributed by atoms with Crippen molar-refractivity contribution < 1.29 is 18.8 Å². The molecule has 2 aromatic rings. The molecule has 1 heterocycles. The lowest BCUT2D eigenvalue weighted by Gasteiger charge is -2.34. The van der Waals surface area contributed by atoms with Crippen LogP contribution in [-0.4, -0.2) is 66.9 Å². The van der Waals surface area contributed by atoms with Gasteiger partial charge in [-0.2, -0.15) is 0 Å². The van der Waals surface area contributed by atoms with Crippen molar-refractivity contribution in [2.45, 2.75) is 13.1 Å². The molecule has 0 saturated carbocycles. The lowest BCUT2D eigenvalue weighted by atomic mass is 10.2. The van der Waals surface area contributed by atoms with Crippen molar-refractivity contribution >= 4 is 17.8 Å². The lowest BCUT2D eigenvalue weighted by molar-refractivity contribution is -0.132.